The summed E-state index contributed by atoms with van der Waals surface area (Å²) in [4.78, 5) is 10.2. The molecule has 0 aromatic heterocycles. The van der Waals surface area contributed by atoms with Crippen LogP contribution in [0.5, 0.6) is 5.75 Å². The van der Waals surface area contributed by atoms with E-state index < -0.39 is 0 Å². The Morgan fingerprint density at radius 2 is 1.65 bits per heavy atom. The molecule has 0 radical (unpaired) electrons. The van der Waals surface area contributed by atoms with Gasteiger partial charge in [0.25, 0.3) is 6.47 Å². The van der Waals surface area contributed by atoms with E-state index in [1.165, 1.54) is 11.1 Å². The molecule has 1 aromatic carbocycles. The standard InChI is InChI=1S/C20H32O3/c1-7-19(3,4)16-10-11-18(23-13-9-12-22-15-21)17(14-16)20(5,6)8-2/h10-11,14-15H,7-9,12-13H2,1-6H3. The highest BCUT2D eigenvalue weighted by Crippen LogP contribution is 2.38. The molecule has 1 rings (SSSR count). The highest BCUT2D eigenvalue weighted by Gasteiger charge is 2.26. The van der Waals surface area contributed by atoms with Crippen molar-refractivity contribution in [2.24, 2.45) is 0 Å². The van der Waals surface area contributed by atoms with Crippen LogP contribution in [0.2, 0.25) is 0 Å². The summed E-state index contributed by atoms with van der Waals surface area (Å²) in [5.41, 5.74) is 2.84. The van der Waals surface area contributed by atoms with Crippen LogP contribution >= 0.6 is 0 Å². The molecule has 0 spiro atoms. The summed E-state index contributed by atoms with van der Waals surface area (Å²) in [6.07, 6.45) is 2.85. The molecule has 1 aromatic rings. The molecule has 23 heavy (non-hydrogen) atoms. The summed E-state index contributed by atoms with van der Waals surface area (Å²) in [5, 5.41) is 0. The molecule has 0 aliphatic heterocycles. The summed E-state index contributed by atoms with van der Waals surface area (Å²) in [6, 6.07) is 6.58. The smallest absolute Gasteiger partial charge is 0.293 e. The monoisotopic (exact) mass is 320 g/mol. The van der Waals surface area contributed by atoms with Gasteiger partial charge in [0.1, 0.15) is 5.75 Å². The van der Waals surface area contributed by atoms with Gasteiger partial charge < -0.3 is 9.47 Å². The van der Waals surface area contributed by atoms with Crippen molar-refractivity contribution < 1.29 is 14.3 Å². The van der Waals surface area contributed by atoms with Crippen molar-refractivity contribution in [3.05, 3.63) is 29.3 Å². The fourth-order valence-corrected chi connectivity index (χ4v) is 2.37. The van der Waals surface area contributed by atoms with E-state index in [9.17, 15) is 4.79 Å². The Bertz CT molecular complexity index is 504. The average molecular weight is 320 g/mol. The van der Waals surface area contributed by atoms with Crippen molar-refractivity contribution in [2.45, 2.75) is 71.6 Å². The minimum atomic E-state index is 0.0639. The van der Waals surface area contributed by atoms with Crippen molar-refractivity contribution in [1.29, 1.82) is 0 Å². The van der Waals surface area contributed by atoms with Crippen LogP contribution in [-0.2, 0) is 20.4 Å². The van der Waals surface area contributed by atoms with E-state index in [1.54, 1.807) is 0 Å². The molecule has 0 saturated heterocycles. The van der Waals surface area contributed by atoms with Crippen LogP contribution in [0.1, 0.15) is 71.9 Å². The number of benzene rings is 1. The Morgan fingerprint density at radius 3 is 2.22 bits per heavy atom. The van der Waals surface area contributed by atoms with Crippen LogP contribution in [-0.4, -0.2) is 19.7 Å². The molecule has 0 aliphatic carbocycles. The van der Waals surface area contributed by atoms with Gasteiger partial charge in [0.2, 0.25) is 0 Å². The molecule has 0 saturated carbocycles. The molecule has 0 amide bonds. The van der Waals surface area contributed by atoms with Crippen LogP contribution in [0.15, 0.2) is 18.2 Å². The third-order valence-corrected chi connectivity index (χ3v) is 4.99. The second kappa shape index (κ2) is 8.37. The van der Waals surface area contributed by atoms with Gasteiger partial charge in [-0.2, -0.15) is 0 Å². The van der Waals surface area contributed by atoms with Crippen molar-refractivity contribution in [3.63, 3.8) is 0 Å². The predicted octanol–water partition coefficient (Wildman–Crippen LogP) is 5.00. The fourth-order valence-electron chi connectivity index (χ4n) is 2.37. The molecule has 130 valence electrons. The molecular weight excluding hydrogens is 288 g/mol. The molecular formula is C20H32O3. The van der Waals surface area contributed by atoms with Gasteiger partial charge in [-0.1, -0.05) is 53.7 Å². The van der Waals surface area contributed by atoms with E-state index >= 15 is 0 Å². The van der Waals surface area contributed by atoms with E-state index in [4.69, 9.17) is 9.47 Å². The quantitative estimate of drug-likeness (QED) is 0.449. The molecule has 0 unspecified atom stereocenters. The molecule has 0 atom stereocenters. The summed E-state index contributed by atoms with van der Waals surface area (Å²) in [7, 11) is 0. The Balaban J connectivity index is 3.03. The van der Waals surface area contributed by atoms with Crippen LogP contribution in [0.3, 0.4) is 0 Å². The third-order valence-electron chi connectivity index (χ3n) is 4.99. The molecule has 3 nitrogen and oxygen atoms in total. The van der Waals surface area contributed by atoms with Crippen LogP contribution in [0.25, 0.3) is 0 Å². The molecule has 0 heterocycles. The van der Waals surface area contributed by atoms with E-state index in [2.05, 4.69) is 59.7 Å². The number of ether oxygens (including phenoxy) is 2. The minimum Gasteiger partial charge on any atom is -0.493 e. The van der Waals surface area contributed by atoms with E-state index in [0.717, 1.165) is 18.6 Å². The maximum Gasteiger partial charge on any atom is 0.293 e. The van der Waals surface area contributed by atoms with Crippen molar-refractivity contribution in [1.82, 2.24) is 0 Å². The zero-order valence-corrected chi connectivity index (χ0v) is 15.6. The lowest BCUT2D eigenvalue weighted by molar-refractivity contribution is -0.128. The van der Waals surface area contributed by atoms with Gasteiger partial charge in [-0.3, -0.25) is 4.79 Å². The topological polar surface area (TPSA) is 35.5 Å². The normalized spacial score (nSPS) is 12.1. The lowest BCUT2D eigenvalue weighted by Gasteiger charge is -2.30. The predicted molar refractivity (Wildman–Crippen MR) is 95.2 cm³/mol. The highest BCUT2D eigenvalue weighted by atomic mass is 16.5. The first-order chi connectivity index (χ1) is 10.8. The lowest BCUT2D eigenvalue weighted by Crippen LogP contribution is -2.21. The zero-order chi connectivity index (χ0) is 17.5. The van der Waals surface area contributed by atoms with Crippen molar-refractivity contribution >= 4 is 6.47 Å². The van der Waals surface area contributed by atoms with Crippen LogP contribution in [0, 0.1) is 0 Å². The third kappa shape index (κ3) is 5.26. The van der Waals surface area contributed by atoms with E-state index in [1.807, 2.05) is 0 Å². The first-order valence-corrected chi connectivity index (χ1v) is 8.61. The van der Waals surface area contributed by atoms with Gasteiger partial charge in [0.15, 0.2) is 0 Å². The largest absolute Gasteiger partial charge is 0.493 e. The first-order valence-electron chi connectivity index (χ1n) is 8.61. The first kappa shape index (κ1) is 19.5. The lowest BCUT2D eigenvalue weighted by atomic mass is 9.76. The van der Waals surface area contributed by atoms with E-state index in [-0.39, 0.29) is 10.8 Å². The number of carbonyl (C=O) groups excluding carboxylic acids is 1. The number of hydrogen-bond donors (Lipinski definition) is 0. The van der Waals surface area contributed by atoms with Gasteiger partial charge in [-0.25, -0.2) is 0 Å². The summed E-state index contributed by atoms with van der Waals surface area (Å²) in [5.74, 6) is 0.943. The SMILES string of the molecule is CCC(C)(C)c1ccc(OCCCOC=O)c(C(C)(C)CC)c1. The molecule has 0 N–H and O–H groups in total. The minimum absolute atomic E-state index is 0.0639. The highest BCUT2D eigenvalue weighted by molar-refractivity contribution is 5.44. The van der Waals surface area contributed by atoms with Crippen molar-refractivity contribution in [3.8, 4) is 5.75 Å². The molecule has 3 heteroatoms. The van der Waals surface area contributed by atoms with Gasteiger partial charge >= 0.3 is 0 Å². The van der Waals surface area contributed by atoms with Crippen LogP contribution < -0.4 is 4.74 Å². The fraction of sp³-hybridized carbons (Fsp3) is 0.650. The number of carbonyl (C=O) groups is 1. The van der Waals surface area contributed by atoms with Crippen molar-refractivity contribution in [2.75, 3.05) is 13.2 Å². The Labute approximate surface area is 141 Å². The maximum atomic E-state index is 10.2. The van der Waals surface area contributed by atoms with Gasteiger partial charge in [-0.15, -0.1) is 0 Å². The van der Waals surface area contributed by atoms with Gasteiger partial charge in [0, 0.05) is 12.0 Å². The number of rotatable bonds is 10. The summed E-state index contributed by atoms with van der Waals surface area (Å²) >= 11 is 0. The summed E-state index contributed by atoms with van der Waals surface area (Å²) in [6.45, 7) is 14.9. The molecule has 0 bridgehead atoms. The Morgan fingerprint density at radius 1 is 1.00 bits per heavy atom. The molecule has 0 fully saturated rings. The molecule has 0 aliphatic rings. The Kier molecular flexibility index (Phi) is 7.11. The average Bonchev–Trinajstić information content (AvgIpc) is 2.54. The van der Waals surface area contributed by atoms with Gasteiger partial charge in [-0.05, 0) is 35.3 Å². The second-order valence-electron chi connectivity index (χ2n) is 7.35. The van der Waals surface area contributed by atoms with Crippen LogP contribution in [0.4, 0.5) is 0 Å². The second-order valence-corrected chi connectivity index (χ2v) is 7.35. The maximum absolute atomic E-state index is 10.2. The zero-order valence-electron chi connectivity index (χ0n) is 15.6. The Hall–Kier alpha value is -1.51. The summed E-state index contributed by atoms with van der Waals surface area (Å²) < 4.78 is 10.7. The van der Waals surface area contributed by atoms with E-state index in [0.29, 0.717) is 26.1 Å². The van der Waals surface area contributed by atoms with Gasteiger partial charge in [0.05, 0.1) is 13.2 Å². The number of hydrogen-bond acceptors (Lipinski definition) is 3.